The Balaban J connectivity index is 2.52. The van der Waals surface area contributed by atoms with E-state index in [9.17, 15) is 0 Å². The lowest BCUT2D eigenvalue weighted by Gasteiger charge is -2.11. The van der Waals surface area contributed by atoms with Crippen LogP contribution in [0.5, 0.6) is 0 Å². The van der Waals surface area contributed by atoms with Gasteiger partial charge < -0.3 is 0 Å². The Kier molecular flexibility index (Phi) is 3.32. The topological polar surface area (TPSA) is 17.8 Å². The van der Waals surface area contributed by atoms with E-state index in [-0.39, 0.29) is 0 Å². The Morgan fingerprint density at radius 1 is 1.58 bits per heavy atom. The molecule has 0 saturated heterocycles. The van der Waals surface area contributed by atoms with Gasteiger partial charge in [-0.3, -0.25) is 4.68 Å². The molecule has 2 unspecified atom stereocenters. The molecular formula is C9H15BrN2. The molecule has 1 aromatic rings. The fourth-order valence-electron chi connectivity index (χ4n) is 1.11. The van der Waals surface area contributed by atoms with E-state index in [1.807, 2.05) is 17.9 Å². The zero-order valence-corrected chi connectivity index (χ0v) is 9.37. The molecule has 0 aromatic carbocycles. The molecule has 2 nitrogen and oxygen atoms in total. The van der Waals surface area contributed by atoms with Crippen molar-refractivity contribution in [1.82, 2.24) is 9.78 Å². The van der Waals surface area contributed by atoms with Gasteiger partial charge in [0.1, 0.15) is 0 Å². The van der Waals surface area contributed by atoms with E-state index in [1.54, 1.807) is 0 Å². The molecule has 1 rings (SSSR count). The van der Waals surface area contributed by atoms with E-state index in [0.29, 0.717) is 10.7 Å². The number of aromatic nitrogens is 2. The molecule has 0 spiro atoms. The highest BCUT2D eigenvalue weighted by Gasteiger charge is 2.09. The maximum absolute atomic E-state index is 4.13. The predicted octanol–water partition coefficient (Wildman–Crippen LogP) is 2.38. The first kappa shape index (κ1) is 9.78. The van der Waals surface area contributed by atoms with Gasteiger partial charge in [-0.05, 0) is 17.9 Å². The van der Waals surface area contributed by atoms with Gasteiger partial charge in [-0.25, -0.2) is 0 Å². The van der Waals surface area contributed by atoms with Gasteiger partial charge in [-0.1, -0.05) is 29.8 Å². The van der Waals surface area contributed by atoms with Crippen molar-refractivity contribution in [1.29, 1.82) is 0 Å². The third-order valence-electron chi connectivity index (χ3n) is 2.10. The van der Waals surface area contributed by atoms with E-state index < -0.39 is 0 Å². The molecule has 0 aliphatic rings. The Morgan fingerprint density at radius 3 is 2.67 bits per heavy atom. The van der Waals surface area contributed by atoms with E-state index in [1.165, 1.54) is 5.56 Å². The van der Waals surface area contributed by atoms with Gasteiger partial charge in [-0.15, -0.1) is 0 Å². The predicted molar refractivity (Wildman–Crippen MR) is 54.5 cm³/mol. The molecule has 3 heteroatoms. The summed E-state index contributed by atoms with van der Waals surface area (Å²) in [6, 6.07) is 0. The second-order valence-corrected chi connectivity index (χ2v) is 4.83. The summed E-state index contributed by atoms with van der Waals surface area (Å²) in [6.07, 6.45) is 5.11. The van der Waals surface area contributed by atoms with E-state index >= 15 is 0 Å². The van der Waals surface area contributed by atoms with Crippen LogP contribution in [0, 0.1) is 5.92 Å². The van der Waals surface area contributed by atoms with E-state index in [0.717, 1.165) is 6.42 Å². The fourth-order valence-corrected chi connectivity index (χ4v) is 1.30. The highest BCUT2D eigenvalue weighted by molar-refractivity contribution is 9.09. The number of rotatable bonds is 3. The molecule has 0 amide bonds. The molecule has 0 N–H and O–H groups in total. The van der Waals surface area contributed by atoms with Gasteiger partial charge in [0.05, 0.1) is 6.20 Å². The van der Waals surface area contributed by atoms with Crippen LogP contribution in [0.3, 0.4) is 0 Å². The van der Waals surface area contributed by atoms with Crippen molar-refractivity contribution in [3.63, 3.8) is 0 Å². The fraction of sp³-hybridized carbons (Fsp3) is 0.667. The first-order valence-electron chi connectivity index (χ1n) is 4.21. The van der Waals surface area contributed by atoms with Crippen LogP contribution in [0.15, 0.2) is 12.4 Å². The van der Waals surface area contributed by atoms with Crippen molar-refractivity contribution in [3.8, 4) is 0 Å². The number of halogens is 1. The number of hydrogen-bond donors (Lipinski definition) is 0. The minimum absolute atomic E-state index is 0.567. The summed E-state index contributed by atoms with van der Waals surface area (Å²) < 4.78 is 1.85. The molecule has 2 atom stereocenters. The first-order chi connectivity index (χ1) is 5.59. The molecular weight excluding hydrogens is 216 g/mol. The Labute approximate surface area is 82.1 Å². The summed E-state index contributed by atoms with van der Waals surface area (Å²) in [7, 11) is 1.95. The third kappa shape index (κ3) is 2.63. The third-order valence-corrected chi connectivity index (χ3v) is 3.00. The summed E-state index contributed by atoms with van der Waals surface area (Å²) >= 11 is 3.58. The molecule has 0 fully saturated rings. The van der Waals surface area contributed by atoms with E-state index in [4.69, 9.17) is 0 Å². The van der Waals surface area contributed by atoms with Crippen LogP contribution in [0.4, 0.5) is 0 Å². The largest absolute Gasteiger partial charge is 0.276 e. The molecule has 0 saturated carbocycles. The van der Waals surface area contributed by atoms with Crippen molar-refractivity contribution in [2.75, 3.05) is 0 Å². The first-order valence-corrected chi connectivity index (χ1v) is 5.12. The lowest BCUT2D eigenvalue weighted by molar-refractivity contribution is 0.581. The highest BCUT2D eigenvalue weighted by Crippen LogP contribution is 2.16. The van der Waals surface area contributed by atoms with Gasteiger partial charge >= 0.3 is 0 Å². The Hall–Kier alpha value is -0.310. The van der Waals surface area contributed by atoms with Crippen LogP contribution < -0.4 is 0 Å². The van der Waals surface area contributed by atoms with Crippen LogP contribution in [0.25, 0.3) is 0 Å². The van der Waals surface area contributed by atoms with Gasteiger partial charge in [0.2, 0.25) is 0 Å². The van der Waals surface area contributed by atoms with Crippen molar-refractivity contribution < 1.29 is 0 Å². The number of nitrogens with zero attached hydrogens (tertiary/aromatic N) is 2. The monoisotopic (exact) mass is 230 g/mol. The van der Waals surface area contributed by atoms with Crippen LogP contribution in [0.1, 0.15) is 19.4 Å². The SMILES string of the molecule is CC(Br)C(C)Cc1cnn(C)c1. The average Bonchev–Trinajstić information content (AvgIpc) is 2.35. The molecule has 1 aromatic heterocycles. The van der Waals surface area contributed by atoms with Crippen molar-refractivity contribution >= 4 is 15.9 Å². The summed E-state index contributed by atoms with van der Waals surface area (Å²) in [6.45, 7) is 4.42. The quantitative estimate of drug-likeness (QED) is 0.730. The minimum atomic E-state index is 0.567. The molecule has 0 radical (unpaired) electrons. The minimum Gasteiger partial charge on any atom is -0.276 e. The highest BCUT2D eigenvalue weighted by atomic mass is 79.9. The smallest absolute Gasteiger partial charge is 0.0521 e. The molecule has 12 heavy (non-hydrogen) atoms. The number of aryl methyl sites for hydroxylation is 1. The number of hydrogen-bond acceptors (Lipinski definition) is 1. The normalized spacial score (nSPS) is 16.0. The van der Waals surface area contributed by atoms with Gasteiger partial charge in [0.15, 0.2) is 0 Å². The molecule has 1 heterocycles. The Bertz CT molecular complexity index is 242. The summed E-state index contributed by atoms with van der Waals surface area (Å²) in [5.41, 5.74) is 1.32. The molecule has 0 aliphatic carbocycles. The van der Waals surface area contributed by atoms with Crippen LogP contribution in [-0.2, 0) is 13.5 Å². The summed E-state index contributed by atoms with van der Waals surface area (Å²) in [5, 5.41) is 4.13. The van der Waals surface area contributed by atoms with Crippen molar-refractivity contribution in [2.24, 2.45) is 13.0 Å². The second-order valence-electron chi connectivity index (χ2n) is 3.38. The van der Waals surface area contributed by atoms with Crippen molar-refractivity contribution in [3.05, 3.63) is 18.0 Å². The van der Waals surface area contributed by atoms with E-state index in [2.05, 4.69) is 41.1 Å². The summed E-state index contributed by atoms with van der Waals surface area (Å²) in [4.78, 5) is 0.567. The van der Waals surface area contributed by atoms with Crippen LogP contribution in [0.2, 0.25) is 0 Å². The molecule has 0 aliphatic heterocycles. The zero-order chi connectivity index (χ0) is 9.14. The van der Waals surface area contributed by atoms with Crippen molar-refractivity contribution in [2.45, 2.75) is 25.1 Å². The average molecular weight is 231 g/mol. The van der Waals surface area contributed by atoms with Crippen LogP contribution >= 0.6 is 15.9 Å². The Morgan fingerprint density at radius 2 is 2.25 bits per heavy atom. The van der Waals surface area contributed by atoms with Gasteiger partial charge in [-0.2, -0.15) is 5.10 Å². The standard InChI is InChI=1S/C9H15BrN2/c1-7(8(2)10)4-9-5-11-12(3)6-9/h5-8H,4H2,1-3H3. The number of alkyl halides is 1. The van der Waals surface area contributed by atoms with Gasteiger partial charge in [0, 0.05) is 18.1 Å². The second kappa shape index (κ2) is 4.08. The van der Waals surface area contributed by atoms with Gasteiger partial charge in [0.25, 0.3) is 0 Å². The lowest BCUT2D eigenvalue weighted by atomic mass is 10.0. The molecule has 0 bridgehead atoms. The maximum atomic E-state index is 4.13. The summed E-state index contributed by atoms with van der Waals surface area (Å²) in [5.74, 6) is 0.661. The lowest BCUT2D eigenvalue weighted by Crippen LogP contribution is -2.09. The zero-order valence-electron chi connectivity index (χ0n) is 7.79. The molecule has 68 valence electrons. The van der Waals surface area contributed by atoms with Crippen LogP contribution in [-0.4, -0.2) is 14.6 Å². The maximum Gasteiger partial charge on any atom is 0.0521 e.